The number of hydrogen-bond acceptors (Lipinski definition) is 4. The van der Waals surface area contributed by atoms with Gasteiger partial charge >= 0.3 is 6.03 Å². The molecule has 1 atom stereocenters. The highest BCUT2D eigenvalue weighted by molar-refractivity contribution is 5.79. The Balaban J connectivity index is 1.59. The van der Waals surface area contributed by atoms with Gasteiger partial charge in [-0.1, -0.05) is 0 Å². The normalized spacial score (nSPS) is 16.2. The average molecular weight is 370 g/mol. The zero-order chi connectivity index (χ0) is 19.2. The minimum atomic E-state index is -0.144. The number of amides is 3. The number of carbonyl (C=O) groups is 2. The first-order valence-electron chi connectivity index (χ1n) is 9.23. The number of urea groups is 1. The first-order chi connectivity index (χ1) is 13.0. The van der Waals surface area contributed by atoms with Crippen LogP contribution >= 0.6 is 0 Å². The number of pyridine rings is 1. The molecule has 0 saturated carbocycles. The minimum absolute atomic E-state index is 0.00102. The van der Waals surface area contributed by atoms with Gasteiger partial charge in [-0.05, 0) is 44.0 Å². The molecule has 144 valence electrons. The lowest BCUT2D eigenvalue weighted by Crippen LogP contribution is -2.46. The van der Waals surface area contributed by atoms with E-state index in [9.17, 15) is 9.59 Å². The van der Waals surface area contributed by atoms with E-state index in [1.807, 2.05) is 36.7 Å². The lowest BCUT2D eigenvalue weighted by atomic mass is 10.2. The third-order valence-electron chi connectivity index (χ3n) is 4.64. The van der Waals surface area contributed by atoms with E-state index in [-0.39, 0.29) is 18.0 Å². The molecule has 1 fully saturated rings. The molecular weight excluding hydrogens is 344 g/mol. The van der Waals surface area contributed by atoms with Crippen molar-refractivity contribution in [2.75, 3.05) is 13.1 Å². The summed E-state index contributed by atoms with van der Waals surface area (Å²) in [6.07, 6.45) is 4.70. The van der Waals surface area contributed by atoms with Crippen LogP contribution in [-0.4, -0.2) is 50.7 Å². The van der Waals surface area contributed by atoms with Crippen molar-refractivity contribution in [3.8, 4) is 0 Å². The maximum absolute atomic E-state index is 12.8. The Kier molecular flexibility index (Phi) is 6.05. The Morgan fingerprint density at radius 1 is 1.37 bits per heavy atom. The second kappa shape index (κ2) is 8.66. The SMILES string of the molecule is Cc1cc(C)n(CCNC(=O)N(Cc2ccncc2)C[C@@H]2CCC(=O)N2)n1. The van der Waals surface area contributed by atoms with Crippen LogP contribution in [0.3, 0.4) is 0 Å². The van der Waals surface area contributed by atoms with Crippen molar-refractivity contribution >= 4 is 11.9 Å². The summed E-state index contributed by atoms with van der Waals surface area (Å²) in [5.74, 6) is 0.0498. The molecule has 1 saturated heterocycles. The van der Waals surface area contributed by atoms with E-state index >= 15 is 0 Å². The number of aryl methyl sites for hydroxylation is 2. The lowest BCUT2D eigenvalue weighted by Gasteiger charge is -2.26. The summed E-state index contributed by atoms with van der Waals surface area (Å²) in [6.45, 7) is 6.02. The van der Waals surface area contributed by atoms with Crippen LogP contribution in [0.1, 0.15) is 29.8 Å². The van der Waals surface area contributed by atoms with E-state index < -0.39 is 0 Å². The zero-order valence-electron chi connectivity index (χ0n) is 15.8. The summed E-state index contributed by atoms with van der Waals surface area (Å²) in [4.78, 5) is 30.0. The highest BCUT2D eigenvalue weighted by atomic mass is 16.2. The molecule has 0 aliphatic carbocycles. The average Bonchev–Trinajstić information content (AvgIpc) is 3.19. The molecular formula is C19H26N6O2. The third-order valence-corrected chi connectivity index (χ3v) is 4.64. The van der Waals surface area contributed by atoms with Crippen molar-refractivity contribution in [2.24, 2.45) is 0 Å². The summed E-state index contributed by atoms with van der Waals surface area (Å²) >= 11 is 0. The van der Waals surface area contributed by atoms with Gasteiger partial charge in [0.15, 0.2) is 0 Å². The number of aromatic nitrogens is 3. The van der Waals surface area contributed by atoms with Crippen LogP contribution in [0.2, 0.25) is 0 Å². The van der Waals surface area contributed by atoms with Gasteiger partial charge in [-0.25, -0.2) is 4.79 Å². The monoisotopic (exact) mass is 370 g/mol. The van der Waals surface area contributed by atoms with Gasteiger partial charge in [0.1, 0.15) is 0 Å². The summed E-state index contributed by atoms with van der Waals surface area (Å²) in [7, 11) is 0. The first-order valence-corrected chi connectivity index (χ1v) is 9.23. The van der Waals surface area contributed by atoms with Crippen LogP contribution in [0.15, 0.2) is 30.6 Å². The number of carbonyl (C=O) groups excluding carboxylic acids is 2. The quantitative estimate of drug-likeness (QED) is 0.770. The second-order valence-electron chi connectivity index (χ2n) is 6.92. The van der Waals surface area contributed by atoms with Crippen LogP contribution in [0.5, 0.6) is 0 Å². The Labute approximate surface area is 159 Å². The molecule has 0 spiro atoms. The molecule has 3 amide bonds. The first kappa shape index (κ1) is 18.9. The molecule has 3 heterocycles. The van der Waals surface area contributed by atoms with Gasteiger partial charge < -0.3 is 15.5 Å². The predicted octanol–water partition coefficient (Wildman–Crippen LogP) is 1.39. The molecule has 1 aliphatic rings. The maximum Gasteiger partial charge on any atom is 0.317 e. The van der Waals surface area contributed by atoms with Gasteiger partial charge in [-0.2, -0.15) is 5.10 Å². The number of nitrogens with zero attached hydrogens (tertiary/aromatic N) is 4. The van der Waals surface area contributed by atoms with E-state index in [0.29, 0.717) is 32.6 Å². The van der Waals surface area contributed by atoms with Gasteiger partial charge in [0.25, 0.3) is 0 Å². The molecule has 0 bridgehead atoms. The molecule has 0 radical (unpaired) electrons. The Morgan fingerprint density at radius 2 is 2.15 bits per heavy atom. The smallest absolute Gasteiger partial charge is 0.317 e. The molecule has 8 heteroatoms. The standard InChI is InChI=1S/C19H26N6O2/c1-14-11-15(2)25(23-14)10-9-21-19(27)24(12-16-5-7-20-8-6-16)13-17-3-4-18(26)22-17/h5-8,11,17H,3-4,9-10,12-13H2,1-2H3,(H,21,27)(H,22,26)/t17-/m0/s1. The van der Waals surface area contributed by atoms with Crippen LogP contribution in [0, 0.1) is 13.8 Å². The Morgan fingerprint density at radius 3 is 2.78 bits per heavy atom. The second-order valence-corrected chi connectivity index (χ2v) is 6.92. The third kappa shape index (κ3) is 5.29. The Bertz CT molecular complexity index is 789. The maximum atomic E-state index is 12.8. The van der Waals surface area contributed by atoms with Crippen molar-refractivity contribution in [1.29, 1.82) is 0 Å². The molecule has 0 aromatic carbocycles. The van der Waals surface area contributed by atoms with Gasteiger partial charge in [-0.15, -0.1) is 0 Å². The largest absolute Gasteiger partial charge is 0.352 e. The Hall–Kier alpha value is -2.90. The number of rotatable bonds is 7. The fourth-order valence-electron chi connectivity index (χ4n) is 3.29. The molecule has 27 heavy (non-hydrogen) atoms. The summed E-state index contributed by atoms with van der Waals surface area (Å²) in [6, 6.07) is 5.66. The summed E-state index contributed by atoms with van der Waals surface area (Å²) in [5.41, 5.74) is 3.04. The summed E-state index contributed by atoms with van der Waals surface area (Å²) < 4.78 is 1.89. The highest BCUT2D eigenvalue weighted by Gasteiger charge is 2.25. The molecule has 3 rings (SSSR count). The van der Waals surface area contributed by atoms with Crippen molar-refractivity contribution in [2.45, 2.75) is 45.8 Å². The van der Waals surface area contributed by atoms with E-state index in [1.165, 1.54) is 0 Å². The number of nitrogens with one attached hydrogen (secondary N) is 2. The van der Waals surface area contributed by atoms with Crippen molar-refractivity contribution in [3.05, 3.63) is 47.5 Å². The van der Waals surface area contributed by atoms with Crippen molar-refractivity contribution < 1.29 is 9.59 Å². The van der Waals surface area contributed by atoms with Crippen LogP contribution in [-0.2, 0) is 17.9 Å². The predicted molar refractivity (Wildman–Crippen MR) is 101 cm³/mol. The van der Waals surface area contributed by atoms with Gasteiger partial charge in [0.2, 0.25) is 5.91 Å². The highest BCUT2D eigenvalue weighted by Crippen LogP contribution is 2.11. The van der Waals surface area contributed by atoms with Crippen LogP contribution in [0.4, 0.5) is 4.79 Å². The zero-order valence-corrected chi connectivity index (χ0v) is 15.8. The van der Waals surface area contributed by atoms with Crippen LogP contribution in [0.25, 0.3) is 0 Å². The van der Waals surface area contributed by atoms with E-state index in [2.05, 4.69) is 20.7 Å². The molecule has 0 unspecified atom stereocenters. The van der Waals surface area contributed by atoms with Crippen molar-refractivity contribution in [3.63, 3.8) is 0 Å². The topological polar surface area (TPSA) is 92.2 Å². The van der Waals surface area contributed by atoms with Gasteiger partial charge in [-0.3, -0.25) is 14.5 Å². The molecule has 8 nitrogen and oxygen atoms in total. The fraction of sp³-hybridized carbons (Fsp3) is 0.474. The van der Waals surface area contributed by atoms with Crippen molar-refractivity contribution in [1.82, 2.24) is 30.3 Å². The lowest BCUT2D eigenvalue weighted by molar-refractivity contribution is -0.119. The molecule has 1 aliphatic heterocycles. The minimum Gasteiger partial charge on any atom is -0.352 e. The fourth-order valence-corrected chi connectivity index (χ4v) is 3.29. The van der Waals surface area contributed by atoms with E-state index in [0.717, 1.165) is 23.4 Å². The molecule has 2 N–H and O–H groups in total. The van der Waals surface area contributed by atoms with Gasteiger partial charge in [0, 0.05) is 50.2 Å². The summed E-state index contributed by atoms with van der Waals surface area (Å²) in [5, 5.41) is 10.3. The van der Waals surface area contributed by atoms with Crippen LogP contribution < -0.4 is 10.6 Å². The van der Waals surface area contributed by atoms with E-state index in [4.69, 9.17) is 0 Å². The van der Waals surface area contributed by atoms with Gasteiger partial charge in [0.05, 0.1) is 12.2 Å². The molecule has 2 aromatic rings. The molecule has 2 aromatic heterocycles. The van der Waals surface area contributed by atoms with E-state index in [1.54, 1.807) is 17.3 Å². The number of hydrogen-bond donors (Lipinski definition) is 2.